The largest absolute Gasteiger partial charge is 0.409 e. The smallest absolute Gasteiger partial charge is 0.173 e. The maximum atomic E-state index is 8.82. The molecule has 0 bridgehead atoms. The summed E-state index contributed by atoms with van der Waals surface area (Å²) >= 11 is 6.10. The molecule has 0 atom stereocenters. The average molecular weight is 286 g/mol. The maximum Gasteiger partial charge on any atom is 0.173 e. The van der Waals surface area contributed by atoms with E-state index in [9.17, 15) is 0 Å². The van der Waals surface area contributed by atoms with Crippen LogP contribution in [-0.4, -0.2) is 36.3 Å². The Morgan fingerprint density at radius 1 is 1.37 bits per heavy atom. The molecule has 0 heterocycles. The molecule has 0 aromatic heterocycles. The van der Waals surface area contributed by atoms with Crippen molar-refractivity contribution in [3.8, 4) is 0 Å². The standard InChI is InChI=1S/C13H20ClN3O2/c1-17(8-3-2-4-9-18)11-7-5-6-10(14)12(11)13(15)16-19/h5-7,18-19H,2-4,8-9H2,1H3,(H2,15,16). The number of aliphatic hydroxyl groups is 1. The topological polar surface area (TPSA) is 82.1 Å². The first kappa shape index (κ1) is 15.6. The van der Waals surface area contributed by atoms with Crippen molar-refractivity contribution >= 4 is 23.1 Å². The Balaban J connectivity index is 2.84. The molecule has 1 rings (SSSR count). The highest BCUT2D eigenvalue weighted by Gasteiger charge is 2.14. The highest BCUT2D eigenvalue weighted by atomic mass is 35.5. The van der Waals surface area contributed by atoms with Gasteiger partial charge in [-0.3, -0.25) is 0 Å². The van der Waals surface area contributed by atoms with Gasteiger partial charge in [-0.1, -0.05) is 22.8 Å². The Morgan fingerprint density at radius 2 is 2.11 bits per heavy atom. The lowest BCUT2D eigenvalue weighted by Crippen LogP contribution is -2.24. The molecule has 0 aliphatic rings. The van der Waals surface area contributed by atoms with Gasteiger partial charge in [0.05, 0.1) is 10.6 Å². The number of benzene rings is 1. The van der Waals surface area contributed by atoms with Gasteiger partial charge < -0.3 is 20.9 Å². The fourth-order valence-corrected chi connectivity index (χ4v) is 2.16. The number of nitrogens with two attached hydrogens (primary N) is 1. The molecule has 5 nitrogen and oxygen atoms in total. The molecule has 0 saturated carbocycles. The molecule has 0 aliphatic heterocycles. The van der Waals surface area contributed by atoms with Gasteiger partial charge in [-0.2, -0.15) is 0 Å². The molecule has 0 radical (unpaired) electrons. The highest BCUT2D eigenvalue weighted by Crippen LogP contribution is 2.26. The van der Waals surface area contributed by atoms with E-state index in [0.717, 1.165) is 31.5 Å². The Labute approximate surface area is 118 Å². The van der Waals surface area contributed by atoms with E-state index < -0.39 is 0 Å². The van der Waals surface area contributed by atoms with Crippen LogP contribution < -0.4 is 10.6 Å². The number of rotatable bonds is 7. The minimum atomic E-state index is 0.00260. The number of hydrogen-bond donors (Lipinski definition) is 3. The van der Waals surface area contributed by atoms with Gasteiger partial charge in [0.15, 0.2) is 5.84 Å². The zero-order valence-corrected chi connectivity index (χ0v) is 11.8. The van der Waals surface area contributed by atoms with Crippen LogP contribution in [0.15, 0.2) is 23.4 Å². The van der Waals surface area contributed by atoms with Crippen LogP contribution in [0.3, 0.4) is 0 Å². The molecule has 0 unspecified atom stereocenters. The SMILES string of the molecule is CN(CCCCCO)c1cccc(Cl)c1/C(N)=N/O. The highest BCUT2D eigenvalue weighted by molar-refractivity contribution is 6.34. The Morgan fingerprint density at radius 3 is 2.74 bits per heavy atom. The zero-order valence-electron chi connectivity index (χ0n) is 11.0. The van der Waals surface area contributed by atoms with E-state index in [0.29, 0.717) is 10.6 Å². The molecule has 1 aromatic carbocycles. The lowest BCUT2D eigenvalue weighted by molar-refractivity contribution is 0.283. The first-order valence-corrected chi connectivity index (χ1v) is 6.58. The second-order valence-electron chi connectivity index (χ2n) is 4.33. The number of anilines is 1. The molecular weight excluding hydrogens is 266 g/mol. The van der Waals surface area contributed by atoms with Crippen molar-refractivity contribution in [2.75, 3.05) is 25.1 Å². The molecule has 4 N–H and O–H groups in total. The van der Waals surface area contributed by atoms with Gasteiger partial charge in [-0.15, -0.1) is 0 Å². The summed E-state index contributed by atoms with van der Waals surface area (Å²) in [6, 6.07) is 5.42. The minimum Gasteiger partial charge on any atom is -0.409 e. The van der Waals surface area contributed by atoms with E-state index in [-0.39, 0.29) is 12.4 Å². The van der Waals surface area contributed by atoms with Gasteiger partial charge in [0.2, 0.25) is 0 Å². The molecule has 106 valence electrons. The van der Waals surface area contributed by atoms with Crippen LogP contribution in [0.25, 0.3) is 0 Å². The van der Waals surface area contributed by atoms with Gasteiger partial charge in [-0.25, -0.2) is 0 Å². The van der Waals surface area contributed by atoms with Gasteiger partial charge in [0.1, 0.15) is 0 Å². The lowest BCUT2D eigenvalue weighted by Gasteiger charge is -2.22. The van der Waals surface area contributed by atoms with Crippen LogP contribution in [0.4, 0.5) is 5.69 Å². The molecule has 1 aromatic rings. The summed E-state index contributed by atoms with van der Waals surface area (Å²) in [7, 11) is 1.93. The van der Waals surface area contributed by atoms with Crippen LogP contribution in [0, 0.1) is 0 Å². The Kier molecular flexibility index (Phi) is 6.45. The van der Waals surface area contributed by atoms with Crippen LogP contribution in [0.1, 0.15) is 24.8 Å². The third kappa shape index (κ3) is 4.29. The van der Waals surface area contributed by atoms with E-state index >= 15 is 0 Å². The summed E-state index contributed by atoms with van der Waals surface area (Å²) in [5.41, 5.74) is 7.03. The summed E-state index contributed by atoms with van der Waals surface area (Å²) in [5.74, 6) is 0.00260. The number of hydrogen-bond acceptors (Lipinski definition) is 4. The quantitative estimate of drug-likeness (QED) is 0.235. The molecule has 0 aliphatic carbocycles. The molecule has 0 fully saturated rings. The summed E-state index contributed by atoms with van der Waals surface area (Å²) in [5, 5.41) is 21.0. The number of amidine groups is 1. The second kappa shape index (κ2) is 7.86. The molecular formula is C13H20ClN3O2. The molecule has 0 saturated heterocycles. The molecule has 0 spiro atoms. The fourth-order valence-electron chi connectivity index (χ4n) is 1.89. The van der Waals surface area contributed by atoms with Crippen LogP contribution in [0.2, 0.25) is 5.02 Å². The fraction of sp³-hybridized carbons (Fsp3) is 0.462. The summed E-state index contributed by atoms with van der Waals surface area (Å²) in [4.78, 5) is 2.01. The van der Waals surface area contributed by atoms with E-state index in [4.69, 9.17) is 27.6 Å². The van der Waals surface area contributed by atoms with Crippen molar-refractivity contribution in [1.82, 2.24) is 0 Å². The third-order valence-electron chi connectivity index (χ3n) is 2.92. The minimum absolute atomic E-state index is 0.00260. The van der Waals surface area contributed by atoms with Crippen molar-refractivity contribution in [3.05, 3.63) is 28.8 Å². The van der Waals surface area contributed by atoms with E-state index in [1.165, 1.54) is 0 Å². The van der Waals surface area contributed by atoms with E-state index in [2.05, 4.69) is 5.16 Å². The first-order chi connectivity index (χ1) is 9.11. The average Bonchev–Trinajstić information content (AvgIpc) is 2.42. The van der Waals surface area contributed by atoms with Crippen LogP contribution in [0.5, 0.6) is 0 Å². The third-order valence-corrected chi connectivity index (χ3v) is 3.23. The second-order valence-corrected chi connectivity index (χ2v) is 4.73. The van der Waals surface area contributed by atoms with Gasteiger partial charge in [0, 0.05) is 25.9 Å². The van der Waals surface area contributed by atoms with Gasteiger partial charge in [-0.05, 0) is 31.4 Å². The van der Waals surface area contributed by atoms with Crippen molar-refractivity contribution in [1.29, 1.82) is 0 Å². The summed E-state index contributed by atoms with van der Waals surface area (Å²) < 4.78 is 0. The van der Waals surface area contributed by atoms with Crippen molar-refractivity contribution < 1.29 is 10.3 Å². The Bertz CT molecular complexity index is 438. The first-order valence-electron chi connectivity index (χ1n) is 6.20. The number of aliphatic hydroxyl groups excluding tert-OH is 1. The maximum absolute atomic E-state index is 8.82. The zero-order chi connectivity index (χ0) is 14.3. The predicted octanol–water partition coefficient (Wildman–Crippen LogP) is 2.03. The van der Waals surface area contributed by atoms with E-state index in [1.807, 2.05) is 24.1 Å². The monoisotopic (exact) mass is 285 g/mol. The molecule has 6 heteroatoms. The van der Waals surface area contributed by atoms with Crippen LogP contribution >= 0.6 is 11.6 Å². The van der Waals surface area contributed by atoms with Crippen LogP contribution in [-0.2, 0) is 0 Å². The van der Waals surface area contributed by atoms with Gasteiger partial charge >= 0.3 is 0 Å². The van der Waals surface area contributed by atoms with Gasteiger partial charge in [0.25, 0.3) is 0 Å². The van der Waals surface area contributed by atoms with Crippen molar-refractivity contribution in [2.45, 2.75) is 19.3 Å². The number of nitrogens with zero attached hydrogens (tertiary/aromatic N) is 2. The number of halogens is 1. The number of oxime groups is 1. The predicted molar refractivity (Wildman–Crippen MR) is 78.2 cm³/mol. The Hall–Kier alpha value is -1.46. The normalized spacial score (nSPS) is 11.6. The molecule has 19 heavy (non-hydrogen) atoms. The summed E-state index contributed by atoms with van der Waals surface area (Å²) in [6.07, 6.45) is 2.72. The molecule has 0 amide bonds. The number of unbranched alkanes of at least 4 members (excludes halogenated alkanes) is 2. The summed E-state index contributed by atoms with van der Waals surface area (Å²) in [6.45, 7) is 1.03. The van der Waals surface area contributed by atoms with E-state index in [1.54, 1.807) is 6.07 Å². The lowest BCUT2D eigenvalue weighted by atomic mass is 10.1. The van der Waals surface area contributed by atoms with Crippen molar-refractivity contribution in [2.24, 2.45) is 10.9 Å². The van der Waals surface area contributed by atoms with Crippen molar-refractivity contribution in [3.63, 3.8) is 0 Å².